The van der Waals surface area contributed by atoms with Gasteiger partial charge in [-0.3, -0.25) is 0 Å². The van der Waals surface area contributed by atoms with Crippen LogP contribution in [0.15, 0.2) is 47.5 Å². The summed E-state index contributed by atoms with van der Waals surface area (Å²) in [6, 6.07) is 12.6. The van der Waals surface area contributed by atoms with Gasteiger partial charge in [0.1, 0.15) is 11.0 Å². The molecule has 0 bridgehead atoms. The van der Waals surface area contributed by atoms with Gasteiger partial charge in [0.15, 0.2) is 5.69 Å². The minimum atomic E-state index is -3.70. The van der Waals surface area contributed by atoms with Crippen LogP contribution in [0.2, 0.25) is 0 Å². The van der Waals surface area contributed by atoms with E-state index < -0.39 is 10.0 Å². The molecule has 1 aromatic carbocycles. The molecule has 1 aliphatic heterocycles. The Hall–Kier alpha value is -2.23. The third-order valence-electron chi connectivity index (χ3n) is 3.59. The zero-order valence-electron chi connectivity index (χ0n) is 11.2. The van der Waals surface area contributed by atoms with Gasteiger partial charge in [0, 0.05) is 19.3 Å². The predicted octanol–water partition coefficient (Wildman–Crippen LogP) is 1.70. The molecule has 21 heavy (non-hydrogen) atoms. The number of sulfonamides is 1. The zero-order chi connectivity index (χ0) is 14.9. The van der Waals surface area contributed by atoms with E-state index in [1.807, 2.05) is 30.3 Å². The second kappa shape index (κ2) is 5.28. The van der Waals surface area contributed by atoms with Crippen LogP contribution in [0.4, 0.5) is 0 Å². The van der Waals surface area contributed by atoms with E-state index in [-0.39, 0.29) is 10.6 Å². The summed E-state index contributed by atoms with van der Waals surface area (Å²) in [5.74, 6) is 0. The highest BCUT2D eigenvalue weighted by molar-refractivity contribution is 7.89. The van der Waals surface area contributed by atoms with E-state index in [1.165, 1.54) is 28.2 Å². The lowest BCUT2D eigenvalue weighted by Crippen LogP contribution is -2.36. The van der Waals surface area contributed by atoms with Crippen LogP contribution < -0.4 is 0 Å². The minimum Gasteiger partial charge on any atom is -0.244 e. The summed E-state index contributed by atoms with van der Waals surface area (Å²) in [5.41, 5.74) is 2.13. The average molecular weight is 299 g/mol. The molecule has 0 N–H and O–H groups in total. The maximum Gasteiger partial charge on any atom is 0.246 e. The summed E-state index contributed by atoms with van der Waals surface area (Å²) in [6.07, 6.45) is 2.10. The molecule has 6 heteroatoms. The molecule has 2 heterocycles. The molecular weight excluding hydrogens is 286 g/mol. The Balaban J connectivity index is 2.00. The Morgan fingerprint density at radius 2 is 1.90 bits per heavy atom. The van der Waals surface area contributed by atoms with E-state index in [9.17, 15) is 8.42 Å². The van der Waals surface area contributed by atoms with Crippen LogP contribution in [0.5, 0.6) is 0 Å². The van der Waals surface area contributed by atoms with Gasteiger partial charge in [-0.1, -0.05) is 24.3 Å². The van der Waals surface area contributed by atoms with Crippen molar-refractivity contribution >= 4 is 10.0 Å². The second-order valence-electron chi connectivity index (χ2n) is 4.82. The minimum absolute atomic E-state index is 0.0214. The Bertz CT molecular complexity index is 825. The van der Waals surface area contributed by atoms with Crippen LogP contribution in [0, 0.1) is 11.3 Å². The molecule has 0 amide bonds. The molecule has 0 radical (unpaired) electrons. The fourth-order valence-corrected chi connectivity index (χ4v) is 4.01. The van der Waals surface area contributed by atoms with Crippen LogP contribution in [0.3, 0.4) is 0 Å². The van der Waals surface area contributed by atoms with Crippen molar-refractivity contribution in [2.75, 3.05) is 6.54 Å². The summed E-state index contributed by atoms with van der Waals surface area (Å²) >= 11 is 0. The first-order valence-electron chi connectivity index (χ1n) is 6.55. The van der Waals surface area contributed by atoms with Crippen LogP contribution in [-0.2, 0) is 23.0 Å². The molecule has 0 fully saturated rings. The van der Waals surface area contributed by atoms with Crippen molar-refractivity contribution in [2.24, 2.45) is 0 Å². The van der Waals surface area contributed by atoms with Crippen molar-refractivity contribution in [1.29, 1.82) is 5.26 Å². The van der Waals surface area contributed by atoms with Crippen LogP contribution in [0.25, 0.3) is 0 Å². The van der Waals surface area contributed by atoms with Gasteiger partial charge in [-0.15, -0.1) is 0 Å². The van der Waals surface area contributed by atoms with E-state index in [0.29, 0.717) is 19.5 Å². The molecule has 0 atom stereocenters. The second-order valence-corrected chi connectivity index (χ2v) is 6.73. The van der Waals surface area contributed by atoms with Crippen molar-refractivity contribution in [2.45, 2.75) is 17.9 Å². The molecular formula is C15H13N3O2S. The highest BCUT2D eigenvalue weighted by Gasteiger charge is 2.30. The van der Waals surface area contributed by atoms with Gasteiger partial charge in [-0.25, -0.2) is 13.4 Å². The number of nitriles is 1. The molecule has 0 aliphatic carbocycles. The van der Waals surface area contributed by atoms with E-state index in [0.717, 1.165) is 5.56 Å². The van der Waals surface area contributed by atoms with E-state index >= 15 is 0 Å². The lowest BCUT2D eigenvalue weighted by molar-refractivity contribution is 0.391. The monoisotopic (exact) mass is 299 g/mol. The Kier molecular flexibility index (Phi) is 3.45. The van der Waals surface area contributed by atoms with Crippen molar-refractivity contribution in [3.05, 3.63) is 59.4 Å². The molecule has 1 aliphatic rings. The van der Waals surface area contributed by atoms with Gasteiger partial charge in [0.2, 0.25) is 10.0 Å². The number of rotatable bonds is 2. The molecule has 0 saturated heterocycles. The Labute approximate surface area is 123 Å². The number of nitrogens with zero attached hydrogens (tertiary/aromatic N) is 3. The van der Waals surface area contributed by atoms with Crippen molar-refractivity contribution in [1.82, 2.24) is 9.29 Å². The number of aromatic nitrogens is 1. The van der Waals surface area contributed by atoms with Gasteiger partial charge in [0.25, 0.3) is 0 Å². The van der Waals surface area contributed by atoms with Gasteiger partial charge in [-0.05, 0) is 29.7 Å². The lowest BCUT2D eigenvalue weighted by Gasteiger charge is -2.28. The SMILES string of the molecule is N#Cc1ncccc1S(=O)(=O)N1CCc2ccccc2C1. The van der Waals surface area contributed by atoms with Gasteiger partial charge in [-0.2, -0.15) is 9.57 Å². The summed E-state index contributed by atoms with van der Waals surface area (Å²) in [5, 5.41) is 9.04. The van der Waals surface area contributed by atoms with Crippen LogP contribution in [-0.4, -0.2) is 24.3 Å². The predicted molar refractivity (Wildman–Crippen MR) is 76.7 cm³/mol. The molecule has 1 aromatic heterocycles. The van der Waals surface area contributed by atoms with Gasteiger partial charge >= 0.3 is 0 Å². The van der Waals surface area contributed by atoms with Crippen molar-refractivity contribution < 1.29 is 8.42 Å². The van der Waals surface area contributed by atoms with Gasteiger partial charge in [0.05, 0.1) is 0 Å². The molecule has 0 saturated carbocycles. The molecule has 2 aromatic rings. The first-order chi connectivity index (χ1) is 10.1. The molecule has 0 spiro atoms. The molecule has 3 rings (SSSR count). The maximum absolute atomic E-state index is 12.7. The summed E-state index contributed by atoms with van der Waals surface area (Å²) in [7, 11) is -3.70. The first kappa shape index (κ1) is 13.7. The van der Waals surface area contributed by atoms with Crippen molar-refractivity contribution in [3.63, 3.8) is 0 Å². The Morgan fingerprint density at radius 1 is 1.14 bits per heavy atom. The fourth-order valence-electron chi connectivity index (χ4n) is 2.50. The van der Waals surface area contributed by atoms with Crippen LogP contribution >= 0.6 is 0 Å². The average Bonchev–Trinajstić information content (AvgIpc) is 2.54. The summed E-state index contributed by atoms with van der Waals surface area (Å²) in [4.78, 5) is 3.81. The van der Waals surface area contributed by atoms with Gasteiger partial charge < -0.3 is 0 Å². The van der Waals surface area contributed by atoms with E-state index in [1.54, 1.807) is 0 Å². The number of pyridine rings is 1. The lowest BCUT2D eigenvalue weighted by atomic mass is 10.0. The number of fused-ring (bicyclic) bond motifs is 1. The number of hydrogen-bond donors (Lipinski definition) is 0. The first-order valence-corrected chi connectivity index (χ1v) is 7.99. The van der Waals surface area contributed by atoms with Crippen LogP contribution in [0.1, 0.15) is 16.8 Å². The summed E-state index contributed by atoms with van der Waals surface area (Å²) < 4.78 is 26.8. The molecule has 0 unspecified atom stereocenters. The zero-order valence-corrected chi connectivity index (χ0v) is 12.0. The normalized spacial score (nSPS) is 15.2. The summed E-state index contributed by atoms with van der Waals surface area (Å²) in [6.45, 7) is 0.747. The standard InChI is InChI=1S/C15H13N3O2S/c16-10-14-15(6-3-8-17-14)21(19,20)18-9-7-12-4-1-2-5-13(12)11-18/h1-6,8H,7,9,11H2. The topological polar surface area (TPSA) is 74.1 Å². The quantitative estimate of drug-likeness (QED) is 0.846. The van der Waals surface area contributed by atoms with Crippen molar-refractivity contribution in [3.8, 4) is 6.07 Å². The highest BCUT2D eigenvalue weighted by atomic mass is 32.2. The smallest absolute Gasteiger partial charge is 0.244 e. The largest absolute Gasteiger partial charge is 0.246 e. The number of benzene rings is 1. The Morgan fingerprint density at radius 3 is 2.67 bits per heavy atom. The van der Waals surface area contributed by atoms with E-state index in [2.05, 4.69) is 4.98 Å². The third kappa shape index (κ3) is 2.42. The molecule has 5 nitrogen and oxygen atoms in total. The van der Waals surface area contributed by atoms with E-state index in [4.69, 9.17) is 5.26 Å². The fraction of sp³-hybridized carbons (Fsp3) is 0.200. The number of hydrogen-bond acceptors (Lipinski definition) is 4. The highest BCUT2D eigenvalue weighted by Crippen LogP contribution is 2.25. The maximum atomic E-state index is 12.7. The third-order valence-corrected chi connectivity index (χ3v) is 5.47. The molecule has 106 valence electrons.